The molecule has 0 aliphatic heterocycles. The average molecular weight is 298 g/mol. The Morgan fingerprint density at radius 2 is 2.18 bits per heavy atom. The highest BCUT2D eigenvalue weighted by Gasteiger charge is 2.47. The third-order valence-electron chi connectivity index (χ3n) is 2.63. The maximum Gasteiger partial charge on any atom is 0.242 e. The van der Waals surface area contributed by atoms with E-state index in [2.05, 4.69) is 4.98 Å². The number of likely N-dealkylation sites (N-methyl/N-ethyl adjacent to an activating group) is 1. The highest BCUT2D eigenvalue weighted by atomic mass is 35.5. The second kappa shape index (κ2) is 6.00. The van der Waals surface area contributed by atoms with Crippen molar-refractivity contribution >= 4 is 42.1 Å². The maximum atomic E-state index is 11.8. The van der Waals surface area contributed by atoms with Crippen molar-refractivity contribution in [3.05, 3.63) is 16.1 Å². The summed E-state index contributed by atoms with van der Waals surface area (Å²) in [5.41, 5.74) is 6.21. The molecule has 2 rings (SSSR count). The van der Waals surface area contributed by atoms with Crippen LogP contribution >= 0.6 is 36.2 Å². The minimum Gasteiger partial charge on any atom is -0.338 e. The third-order valence-corrected chi connectivity index (χ3v) is 3.45. The normalized spacial score (nSPS) is 15.5. The van der Waals surface area contributed by atoms with E-state index < -0.39 is 5.54 Å². The van der Waals surface area contributed by atoms with Crippen molar-refractivity contribution in [2.24, 2.45) is 5.73 Å². The highest BCUT2D eigenvalue weighted by Crippen LogP contribution is 2.34. The van der Waals surface area contributed by atoms with E-state index in [0.29, 0.717) is 6.54 Å². The Bertz CT molecular complexity index is 393. The van der Waals surface area contributed by atoms with Gasteiger partial charge >= 0.3 is 0 Å². The van der Waals surface area contributed by atoms with Gasteiger partial charge in [0.1, 0.15) is 0 Å². The van der Waals surface area contributed by atoms with Gasteiger partial charge in [-0.25, -0.2) is 4.98 Å². The molecule has 1 heterocycles. The van der Waals surface area contributed by atoms with Crippen LogP contribution in [0.1, 0.15) is 23.5 Å². The molecule has 1 aromatic heterocycles. The molecular weight excluding hydrogens is 281 g/mol. The van der Waals surface area contributed by atoms with E-state index in [1.165, 1.54) is 0 Å². The summed E-state index contributed by atoms with van der Waals surface area (Å²) >= 11 is 1.60. The van der Waals surface area contributed by atoms with Crippen molar-refractivity contribution in [3.63, 3.8) is 0 Å². The first-order valence-electron chi connectivity index (χ1n) is 4.97. The van der Waals surface area contributed by atoms with Gasteiger partial charge in [-0.15, -0.1) is 36.2 Å². The summed E-state index contributed by atoms with van der Waals surface area (Å²) in [7, 11) is 1.78. The van der Waals surface area contributed by atoms with Gasteiger partial charge < -0.3 is 10.6 Å². The van der Waals surface area contributed by atoms with Gasteiger partial charge in [0.05, 0.1) is 22.8 Å². The van der Waals surface area contributed by atoms with E-state index in [1.807, 2.05) is 12.3 Å². The van der Waals surface area contributed by atoms with Crippen molar-refractivity contribution in [3.8, 4) is 0 Å². The summed E-state index contributed by atoms with van der Waals surface area (Å²) in [4.78, 5) is 17.8. The second-order valence-corrected chi connectivity index (χ2v) is 5.24. The van der Waals surface area contributed by atoms with E-state index in [4.69, 9.17) is 5.73 Å². The molecule has 0 radical (unpaired) electrons. The molecule has 1 fully saturated rings. The monoisotopic (exact) mass is 297 g/mol. The van der Waals surface area contributed by atoms with Crippen molar-refractivity contribution in [1.29, 1.82) is 0 Å². The number of nitrogens with zero attached hydrogens (tertiary/aromatic N) is 2. The van der Waals surface area contributed by atoms with Crippen LogP contribution in [-0.4, -0.2) is 28.4 Å². The minimum atomic E-state index is -0.570. The van der Waals surface area contributed by atoms with E-state index >= 15 is 0 Å². The fourth-order valence-electron chi connectivity index (χ4n) is 1.52. The molecule has 1 aliphatic rings. The molecule has 0 unspecified atom stereocenters. The first-order chi connectivity index (χ1) is 7.01. The Kier molecular flexibility index (Phi) is 5.87. The van der Waals surface area contributed by atoms with E-state index in [-0.39, 0.29) is 30.7 Å². The van der Waals surface area contributed by atoms with Gasteiger partial charge in [0.25, 0.3) is 0 Å². The second-order valence-electron chi connectivity index (χ2n) is 4.18. The number of carbonyl (C=O) groups excluding carboxylic acids is 1. The van der Waals surface area contributed by atoms with Crippen LogP contribution in [0.25, 0.3) is 0 Å². The summed E-state index contributed by atoms with van der Waals surface area (Å²) in [6.07, 6.45) is 1.62. The molecule has 17 heavy (non-hydrogen) atoms. The van der Waals surface area contributed by atoms with E-state index in [1.54, 1.807) is 23.3 Å². The molecule has 4 nitrogen and oxygen atoms in total. The predicted molar refractivity (Wildman–Crippen MR) is 74.0 cm³/mol. The van der Waals surface area contributed by atoms with Crippen molar-refractivity contribution in [2.45, 2.75) is 31.8 Å². The van der Waals surface area contributed by atoms with Gasteiger partial charge in [-0.3, -0.25) is 4.79 Å². The summed E-state index contributed by atoms with van der Waals surface area (Å²) in [6.45, 7) is 2.52. The van der Waals surface area contributed by atoms with Gasteiger partial charge in [-0.05, 0) is 19.8 Å². The molecular formula is C10H17Cl2N3OS. The number of rotatable bonds is 3. The molecule has 1 aromatic rings. The number of carbonyl (C=O) groups is 1. The fourth-order valence-corrected chi connectivity index (χ4v) is 2.13. The predicted octanol–water partition coefficient (Wildman–Crippen LogP) is 1.74. The number of halogens is 2. The molecule has 1 aliphatic carbocycles. The van der Waals surface area contributed by atoms with Crippen molar-refractivity contribution < 1.29 is 4.79 Å². The van der Waals surface area contributed by atoms with Crippen molar-refractivity contribution in [2.75, 3.05) is 7.05 Å². The Labute approximate surface area is 117 Å². The summed E-state index contributed by atoms with van der Waals surface area (Å²) in [5, 5.41) is 3.01. The van der Waals surface area contributed by atoms with Crippen LogP contribution in [0.3, 0.4) is 0 Å². The zero-order chi connectivity index (χ0) is 11.1. The highest BCUT2D eigenvalue weighted by molar-refractivity contribution is 7.09. The van der Waals surface area contributed by atoms with Gasteiger partial charge in [0.15, 0.2) is 0 Å². The number of amides is 1. The lowest BCUT2D eigenvalue weighted by Crippen LogP contribution is -2.43. The van der Waals surface area contributed by atoms with Gasteiger partial charge in [-0.2, -0.15) is 0 Å². The molecule has 98 valence electrons. The third kappa shape index (κ3) is 3.81. The summed E-state index contributed by atoms with van der Waals surface area (Å²) < 4.78 is 0. The SMILES string of the molecule is Cc1nc(CN(C)C(=O)C2(N)CC2)cs1.Cl.Cl. The first-order valence-corrected chi connectivity index (χ1v) is 5.85. The molecule has 0 bridgehead atoms. The van der Waals surface area contributed by atoms with Crippen LogP contribution in [0.2, 0.25) is 0 Å². The maximum absolute atomic E-state index is 11.8. The Morgan fingerprint density at radius 3 is 2.59 bits per heavy atom. The largest absolute Gasteiger partial charge is 0.338 e. The Balaban J connectivity index is 0.00000128. The molecule has 1 amide bonds. The topological polar surface area (TPSA) is 59.2 Å². The smallest absolute Gasteiger partial charge is 0.242 e. The molecule has 7 heteroatoms. The van der Waals surface area contributed by atoms with Crippen LogP contribution in [-0.2, 0) is 11.3 Å². The molecule has 1 saturated carbocycles. The standard InChI is InChI=1S/C10H15N3OS.2ClH/c1-7-12-8(6-15-7)5-13(2)9(14)10(11)3-4-10;;/h6H,3-5,11H2,1-2H3;2*1H. The lowest BCUT2D eigenvalue weighted by Gasteiger charge is -2.19. The van der Waals surface area contributed by atoms with Crippen LogP contribution in [0.5, 0.6) is 0 Å². The van der Waals surface area contributed by atoms with Gasteiger partial charge in [0.2, 0.25) is 5.91 Å². The van der Waals surface area contributed by atoms with Crippen LogP contribution in [0.4, 0.5) is 0 Å². The lowest BCUT2D eigenvalue weighted by molar-refractivity contribution is -0.132. The number of nitrogens with two attached hydrogens (primary N) is 1. The summed E-state index contributed by atoms with van der Waals surface area (Å²) in [5.74, 6) is 0.0353. The molecule has 0 atom stereocenters. The van der Waals surface area contributed by atoms with E-state index in [0.717, 1.165) is 23.5 Å². The lowest BCUT2D eigenvalue weighted by atomic mass is 10.2. The van der Waals surface area contributed by atoms with Crippen LogP contribution in [0, 0.1) is 6.92 Å². The number of thiazole rings is 1. The molecule has 0 saturated heterocycles. The number of hydrogen-bond acceptors (Lipinski definition) is 4. The summed E-state index contributed by atoms with van der Waals surface area (Å²) in [6, 6.07) is 0. The minimum absolute atomic E-state index is 0. The Hall–Kier alpha value is -0.360. The molecule has 2 N–H and O–H groups in total. The molecule has 0 spiro atoms. The van der Waals surface area contributed by atoms with Crippen molar-refractivity contribution in [1.82, 2.24) is 9.88 Å². The molecule has 0 aromatic carbocycles. The number of hydrogen-bond donors (Lipinski definition) is 1. The number of aromatic nitrogens is 1. The quantitative estimate of drug-likeness (QED) is 0.925. The zero-order valence-electron chi connectivity index (χ0n) is 9.80. The number of aryl methyl sites for hydroxylation is 1. The first kappa shape index (κ1) is 16.6. The zero-order valence-corrected chi connectivity index (χ0v) is 12.3. The van der Waals surface area contributed by atoms with Gasteiger partial charge in [0, 0.05) is 12.4 Å². The van der Waals surface area contributed by atoms with Gasteiger partial charge in [-0.1, -0.05) is 0 Å². The Morgan fingerprint density at radius 1 is 1.59 bits per heavy atom. The van der Waals surface area contributed by atoms with Crippen LogP contribution in [0.15, 0.2) is 5.38 Å². The van der Waals surface area contributed by atoms with E-state index in [9.17, 15) is 4.79 Å². The average Bonchev–Trinajstić information content (AvgIpc) is 2.80. The van der Waals surface area contributed by atoms with Crippen LogP contribution < -0.4 is 5.73 Å². The fraction of sp³-hybridized carbons (Fsp3) is 0.600.